The molecule has 1 aliphatic heterocycles. The van der Waals surface area contributed by atoms with Gasteiger partial charge in [0.1, 0.15) is 0 Å². The van der Waals surface area contributed by atoms with E-state index in [1.807, 2.05) is 4.90 Å². The van der Waals surface area contributed by atoms with Gasteiger partial charge in [-0.2, -0.15) is 5.10 Å². The van der Waals surface area contributed by atoms with Gasteiger partial charge in [-0.1, -0.05) is 0 Å². The maximum absolute atomic E-state index is 11.8. The van der Waals surface area contributed by atoms with Crippen LogP contribution >= 0.6 is 11.6 Å². The topological polar surface area (TPSA) is 84.7 Å². The first kappa shape index (κ1) is 13.8. The molecule has 0 bridgehead atoms. The average Bonchev–Trinajstić information content (AvgIpc) is 2.41. The van der Waals surface area contributed by atoms with E-state index in [4.69, 9.17) is 21.4 Å². The van der Waals surface area contributed by atoms with Crippen molar-refractivity contribution < 1.29 is 14.6 Å². The van der Waals surface area contributed by atoms with E-state index in [-0.39, 0.29) is 12.1 Å². The van der Waals surface area contributed by atoms with Gasteiger partial charge in [-0.3, -0.25) is 9.59 Å². The van der Waals surface area contributed by atoms with E-state index in [1.165, 1.54) is 12.3 Å². The molecule has 1 atom stereocenters. The zero-order valence-electron chi connectivity index (χ0n) is 10.2. The fourth-order valence-electron chi connectivity index (χ4n) is 1.79. The number of carbonyl (C=O) groups is 1. The molecule has 1 aromatic rings. The number of anilines is 1. The molecule has 7 nitrogen and oxygen atoms in total. The first-order valence-electron chi connectivity index (χ1n) is 5.84. The number of halogens is 1. The molecule has 1 unspecified atom stereocenters. The van der Waals surface area contributed by atoms with Crippen molar-refractivity contribution in [2.75, 3.05) is 31.2 Å². The number of ether oxygens (including phenoxy) is 1. The van der Waals surface area contributed by atoms with E-state index < -0.39 is 11.3 Å². The molecule has 19 heavy (non-hydrogen) atoms. The van der Waals surface area contributed by atoms with Crippen LogP contribution in [-0.4, -0.2) is 52.5 Å². The first-order chi connectivity index (χ1) is 9.08. The lowest BCUT2D eigenvalue weighted by Crippen LogP contribution is -2.38. The molecule has 0 spiro atoms. The number of carboxylic acids is 1. The van der Waals surface area contributed by atoms with Crippen molar-refractivity contribution in [2.45, 2.75) is 11.9 Å². The summed E-state index contributed by atoms with van der Waals surface area (Å²) in [6.07, 6.45) is 1.54. The van der Waals surface area contributed by atoms with Crippen LogP contribution < -0.4 is 10.5 Å². The van der Waals surface area contributed by atoms with Gasteiger partial charge in [-0.15, -0.1) is 11.6 Å². The summed E-state index contributed by atoms with van der Waals surface area (Å²) in [5.74, 6) is -1.17. The van der Waals surface area contributed by atoms with E-state index in [9.17, 15) is 9.59 Å². The Kier molecular flexibility index (Phi) is 4.39. The van der Waals surface area contributed by atoms with Crippen LogP contribution in [0.4, 0.5) is 5.69 Å². The van der Waals surface area contributed by atoms with Crippen molar-refractivity contribution in [1.82, 2.24) is 9.78 Å². The van der Waals surface area contributed by atoms with Crippen molar-refractivity contribution in [2.24, 2.45) is 0 Å². The molecule has 1 N–H and O–H groups in total. The maximum Gasteiger partial charge on any atom is 0.323 e. The average molecular weight is 288 g/mol. The first-order valence-corrected chi connectivity index (χ1v) is 6.28. The molecule has 2 rings (SSSR count). The number of morpholine rings is 1. The number of rotatable bonds is 4. The van der Waals surface area contributed by atoms with Crippen molar-refractivity contribution in [3.8, 4) is 0 Å². The second kappa shape index (κ2) is 6.03. The van der Waals surface area contributed by atoms with Gasteiger partial charge in [0.05, 0.1) is 31.6 Å². The lowest BCUT2D eigenvalue weighted by Gasteiger charge is -2.28. The van der Waals surface area contributed by atoms with Gasteiger partial charge in [0, 0.05) is 19.2 Å². The van der Waals surface area contributed by atoms with E-state index in [2.05, 4.69) is 5.10 Å². The standard InChI is InChI=1S/C11H14ClN3O4/c12-9(11(17)18)7-15-10(16)5-8(6-13-15)14-1-3-19-4-2-14/h5-6,9H,1-4,7H2,(H,17,18). The summed E-state index contributed by atoms with van der Waals surface area (Å²) >= 11 is 5.58. The van der Waals surface area contributed by atoms with Crippen LogP contribution in [0.15, 0.2) is 17.1 Å². The largest absolute Gasteiger partial charge is 0.480 e. The molecular weight excluding hydrogens is 274 g/mol. The Bertz CT molecular complexity index is 513. The van der Waals surface area contributed by atoms with Crippen LogP contribution in [0.5, 0.6) is 0 Å². The van der Waals surface area contributed by atoms with Gasteiger partial charge in [0.25, 0.3) is 5.56 Å². The summed E-state index contributed by atoms with van der Waals surface area (Å²) in [4.78, 5) is 24.5. The molecule has 1 fully saturated rings. The number of aliphatic carboxylic acids is 1. The van der Waals surface area contributed by atoms with E-state index in [0.717, 1.165) is 4.68 Å². The zero-order chi connectivity index (χ0) is 13.8. The van der Waals surface area contributed by atoms with Gasteiger partial charge in [0.15, 0.2) is 5.38 Å². The maximum atomic E-state index is 11.8. The quantitative estimate of drug-likeness (QED) is 0.770. The van der Waals surface area contributed by atoms with Crippen molar-refractivity contribution in [3.63, 3.8) is 0 Å². The summed E-state index contributed by atoms with van der Waals surface area (Å²) in [6, 6.07) is 1.43. The lowest BCUT2D eigenvalue weighted by atomic mass is 10.3. The Labute approximate surface area is 114 Å². The molecule has 0 aliphatic carbocycles. The van der Waals surface area contributed by atoms with Crippen LogP contribution in [0.2, 0.25) is 0 Å². The van der Waals surface area contributed by atoms with Gasteiger partial charge in [0.2, 0.25) is 0 Å². The molecular formula is C11H14ClN3O4. The van der Waals surface area contributed by atoms with E-state index in [1.54, 1.807) is 0 Å². The Balaban J connectivity index is 2.12. The molecule has 0 radical (unpaired) electrons. The number of aromatic nitrogens is 2. The monoisotopic (exact) mass is 287 g/mol. The summed E-state index contributed by atoms with van der Waals surface area (Å²) in [5, 5.41) is 11.5. The van der Waals surface area contributed by atoms with Gasteiger partial charge < -0.3 is 14.7 Å². The predicted octanol–water partition coefficient (Wildman–Crippen LogP) is -0.228. The SMILES string of the molecule is O=C(O)C(Cl)Cn1ncc(N2CCOCC2)cc1=O. The fourth-order valence-corrected chi connectivity index (χ4v) is 1.92. The van der Waals surface area contributed by atoms with Crippen molar-refractivity contribution in [1.29, 1.82) is 0 Å². The minimum Gasteiger partial charge on any atom is -0.480 e. The molecule has 8 heteroatoms. The Hall–Kier alpha value is -1.60. The normalized spacial score (nSPS) is 17.2. The van der Waals surface area contributed by atoms with Crippen molar-refractivity contribution in [3.05, 3.63) is 22.6 Å². The third-order valence-corrected chi connectivity index (χ3v) is 3.16. The summed E-state index contributed by atoms with van der Waals surface area (Å²) in [6.45, 7) is 2.49. The van der Waals surface area contributed by atoms with Crippen LogP contribution in [-0.2, 0) is 16.1 Å². The number of hydrogen-bond donors (Lipinski definition) is 1. The molecule has 0 amide bonds. The van der Waals surface area contributed by atoms with Gasteiger partial charge in [-0.25, -0.2) is 4.68 Å². The highest BCUT2D eigenvalue weighted by atomic mass is 35.5. The zero-order valence-corrected chi connectivity index (χ0v) is 10.9. The summed E-state index contributed by atoms with van der Waals surface area (Å²) in [7, 11) is 0. The van der Waals surface area contributed by atoms with Gasteiger partial charge >= 0.3 is 5.97 Å². The predicted molar refractivity (Wildman–Crippen MR) is 68.8 cm³/mol. The second-order valence-corrected chi connectivity index (χ2v) is 4.67. The van der Waals surface area contributed by atoms with Gasteiger partial charge in [-0.05, 0) is 0 Å². The summed E-state index contributed by atoms with van der Waals surface area (Å²) < 4.78 is 6.28. The highest BCUT2D eigenvalue weighted by molar-refractivity contribution is 6.29. The van der Waals surface area contributed by atoms with E-state index in [0.29, 0.717) is 32.0 Å². The Morgan fingerprint density at radius 1 is 1.53 bits per heavy atom. The summed E-state index contributed by atoms with van der Waals surface area (Å²) in [5.41, 5.74) is 0.349. The highest BCUT2D eigenvalue weighted by Gasteiger charge is 2.17. The van der Waals surface area contributed by atoms with Crippen LogP contribution in [0, 0.1) is 0 Å². The number of carboxylic acid groups (broad SMARTS) is 1. The lowest BCUT2D eigenvalue weighted by molar-refractivity contribution is -0.136. The second-order valence-electron chi connectivity index (χ2n) is 4.14. The molecule has 0 aromatic carbocycles. The molecule has 2 heterocycles. The minimum atomic E-state index is -1.17. The van der Waals surface area contributed by atoms with Crippen molar-refractivity contribution >= 4 is 23.3 Å². The van der Waals surface area contributed by atoms with E-state index >= 15 is 0 Å². The minimum absolute atomic E-state index is 0.154. The van der Waals surface area contributed by atoms with Crippen LogP contribution in [0.3, 0.4) is 0 Å². The molecule has 1 saturated heterocycles. The highest BCUT2D eigenvalue weighted by Crippen LogP contribution is 2.11. The Morgan fingerprint density at radius 2 is 2.21 bits per heavy atom. The Morgan fingerprint density at radius 3 is 2.79 bits per heavy atom. The number of hydrogen-bond acceptors (Lipinski definition) is 5. The third kappa shape index (κ3) is 3.45. The fraction of sp³-hybridized carbons (Fsp3) is 0.545. The molecule has 104 valence electrons. The number of nitrogens with zero attached hydrogens (tertiary/aromatic N) is 3. The van der Waals surface area contributed by atoms with Crippen LogP contribution in [0.25, 0.3) is 0 Å². The smallest absolute Gasteiger partial charge is 0.323 e. The molecule has 0 saturated carbocycles. The molecule has 1 aromatic heterocycles. The third-order valence-electron chi connectivity index (χ3n) is 2.83. The van der Waals surface area contributed by atoms with Crippen LogP contribution in [0.1, 0.15) is 0 Å². The molecule has 1 aliphatic rings. The number of alkyl halides is 1.